The monoisotopic (exact) mass is 284 g/mol. The van der Waals surface area contributed by atoms with Crippen LogP contribution in [0.15, 0.2) is 0 Å². The minimum absolute atomic E-state index is 0.316. The van der Waals surface area contributed by atoms with E-state index in [1.54, 1.807) is 0 Å². The van der Waals surface area contributed by atoms with Crippen LogP contribution in [0.3, 0.4) is 0 Å². The molecule has 2 N–H and O–H groups in total. The predicted molar refractivity (Wildman–Crippen MR) is 81.9 cm³/mol. The van der Waals surface area contributed by atoms with Crippen molar-refractivity contribution in [2.24, 2.45) is 17.8 Å². The van der Waals surface area contributed by atoms with Crippen molar-refractivity contribution in [3.8, 4) is 0 Å². The minimum Gasteiger partial charge on any atom is -0.375 e. The fourth-order valence-electron chi connectivity index (χ4n) is 3.26. The zero-order valence-electron chi connectivity index (χ0n) is 13.4. The van der Waals surface area contributed by atoms with Crippen LogP contribution in [0.5, 0.6) is 0 Å². The van der Waals surface area contributed by atoms with Crippen LogP contribution < -0.4 is 10.6 Å². The van der Waals surface area contributed by atoms with E-state index in [2.05, 4.69) is 31.4 Å². The molecule has 0 aromatic rings. The Balaban J connectivity index is 1.63. The molecular formula is C16H32N2O2. The topological polar surface area (TPSA) is 42.5 Å². The molecule has 0 aromatic carbocycles. The summed E-state index contributed by atoms with van der Waals surface area (Å²) in [6.45, 7) is 12.6. The highest BCUT2D eigenvalue weighted by molar-refractivity contribution is 4.95. The standard InChI is InChI=1S/C16H32N2O2/c1-4-17-8-13-10-19-16-14(11-20-15(13)16)9-18-7-5-6-12(2)3/h12-18H,4-11H2,1-3H3. The van der Waals surface area contributed by atoms with Crippen LogP contribution in [-0.2, 0) is 9.47 Å². The average molecular weight is 284 g/mol. The lowest BCUT2D eigenvalue weighted by Gasteiger charge is -2.17. The van der Waals surface area contributed by atoms with Crippen LogP contribution in [0.25, 0.3) is 0 Å². The van der Waals surface area contributed by atoms with E-state index < -0.39 is 0 Å². The number of hydrogen-bond donors (Lipinski definition) is 2. The van der Waals surface area contributed by atoms with Crippen LogP contribution in [0.2, 0.25) is 0 Å². The van der Waals surface area contributed by atoms with Crippen LogP contribution >= 0.6 is 0 Å². The maximum Gasteiger partial charge on any atom is 0.0903 e. The molecule has 0 spiro atoms. The first-order valence-corrected chi connectivity index (χ1v) is 8.37. The van der Waals surface area contributed by atoms with Gasteiger partial charge in [-0.15, -0.1) is 0 Å². The molecule has 2 fully saturated rings. The first kappa shape index (κ1) is 16.2. The molecule has 2 saturated heterocycles. The molecule has 4 nitrogen and oxygen atoms in total. The molecule has 4 unspecified atom stereocenters. The third-order valence-electron chi connectivity index (χ3n) is 4.46. The van der Waals surface area contributed by atoms with E-state index in [4.69, 9.17) is 9.47 Å². The molecule has 2 heterocycles. The largest absolute Gasteiger partial charge is 0.375 e. The van der Waals surface area contributed by atoms with E-state index in [9.17, 15) is 0 Å². The molecular weight excluding hydrogens is 252 g/mol. The summed E-state index contributed by atoms with van der Waals surface area (Å²) in [7, 11) is 0. The van der Waals surface area contributed by atoms with Crippen LogP contribution in [-0.4, -0.2) is 51.6 Å². The van der Waals surface area contributed by atoms with Gasteiger partial charge < -0.3 is 20.1 Å². The van der Waals surface area contributed by atoms with Gasteiger partial charge in [0.25, 0.3) is 0 Å². The summed E-state index contributed by atoms with van der Waals surface area (Å²) in [6, 6.07) is 0. The molecule has 20 heavy (non-hydrogen) atoms. The van der Waals surface area contributed by atoms with E-state index in [-0.39, 0.29) is 0 Å². The maximum absolute atomic E-state index is 5.99. The lowest BCUT2D eigenvalue weighted by molar-refractivity contribution is 0.0604. The highest BCUT2D eigenvalue weighted by Crippen LogP contribution is 2.34. The van der Waals surface area contributed by atoms with Crippen molar-refractivity contribution in [2.45, 2.75) is 45.8 Å². The van der Waals surface area contributed by atoms with Gasteiger partial charge in [-0.3, -0.25) is 0 Å². The summed E-state index contributed by atoms with van der Waals surface area (Å²) >= 11 is 0. The molecule has 0 aliphatic carbocycles. The van der Waals surface area contributed by atoms with Gasteiger partial charge >= 0.3 is 0 Å². The van der Waals surface area contributed by atoms with Crippen molar-refractivity contribution in [1.29, 1.82) is 0 Å². The third kappa shape index (κ3) is 4.42. The number of rotatable bonds is 9. The fraction of sp³-hybridized carbons (Fsp3) is 1.00. The van der Waals surface area contributed by atoms with Gasteiger partial charge in [0.2, 0.25) is 0 Å². The van der Waals surface area contributed by atoms with Crippen molar-refractivity contribution in [2.75, 3.05) is 39.4 Å². The van der Waals surface area contributed by atoms with E-state index in [0.29, 0.717) is 24.0 Å². The summed E-state index contributed by atoms with van der Waals surface area (Å²) in [5.41, 5.74) is 0. The maximum atomic E-state index is 5.99. The molecule has 118 valence electrons. The summed E-state index contributed by atoms with van der Waals surface area (Å²) in [4.78, 5) is 0. The van der Waals surface area contributed by atoms with Crippen molar-refractivity contribution in [3.63, 3.8) is 0 Å². The van der Waals surface area contributed by atoms with Crippen molar-refractivity contribution in [3.05, 3.63) is 0 Å². The lowest BCUT2D eigenvalue weighted by Crippen LogP contribution is -2.35. The van der Waals surface area contributed by atoms with Gasteiger partial charge in [0.05, 0.1) is 25.4 Å². The van der Waals surface area contributed by atoms with Gasteiger partial charge in [-0.25, -0.2) is 0 Å². The third-order valence-corrected chi connectivity index (χ3v) is 4.46. The Bertz CT molecular complexity index is 273. The fourth-order valence-corrected chi connectivity index (χ4v) is 3.26. The second-order valence-electron chi connectivity index (χ2n) is 6.66. The Labute approximate surface area is 124 Å². The first-order chi connectivity index (χ1) is 9.72. The summed E-state index contributed by atoms with van der Waals surface area (Å²) in [5.74, 6) is 1.87. The molecule has 2 rings (SSSR count). The van der Waals surface area contributed by atoms with Gasteiger partial charge in [-0.1, -0.05) is 20.8 Å². The summed E-state index contributed by atoms with van der Waals surface area (Å²) in [6.07, 6.45) is 3.21. The number of fused-ring (bicyclic) bond motifs is 1. The Morgan fingerprint density at radius 3 is 2.15 bits per heavy atom. The van der Waals surface area contributed by atoms with E-state index in [1.165, 1.54) is 12.8 Å². The van der Waals surface area contributed by atoms with Gasteiger partial charge in [-0.2, -0.15) is 0 Å². The van der Waals surface area contributed by atoms with Gasteiger partial charge in [-0.05, 0) is 31.8 Å². The molecule has 0 aromatic heterocycles. The second kappa shape index (κ2) is 8.32. The minimum atomic E-state index is 0.316. The van der Waals surface area contributed by atoms with E-state index in [1.807, 2.05) is 0 Å². The van der Waals surface area contributed by atoms with Crippen molar-refractivity contribution < 1.29 is 9.47 Å². The van der Waals surface area contributed by atoms with Crippen molar-refractivity contribution in [1.82, 2.24) is 10.6 Å². The molecule has 2 aliphatic heterocycles. The van der Waals surface area contributed by atoms with Crippen LogP contribution in [0, 0.1) is 17.8 Å². The SMILES string of the molecule is CCNCC1COC2C(CNCCCC(C)C)COC12. The van der Waals surface area contributed by atoms with Crippen LogP contribution in [0.1, 0.15) is 33.6 Å². The summed E-state index contributed by atoms with van der Waals surface area (Å²) in [5, 5.41) is 6.99. The Hall–Kier alpha value is -0.160. The molecule has 0 radical (unpaired) electrons. The van der Waals surface area contributed by atoms with Crippen LogP contribution in [0.4, 0.5) is 0 Å². The normalized spacial score (nSPS) is 33.0. The smallest absolute Gasteiger partial charge is 0.0903 e. The molecule has 0 amide bonds. The van der Waals surface area contributed by atoms with Gasteiger partial charge in [0.15, 0.2) is 0 Å². The quantitative estimate of drug-likeness (QED) is 0.632. The lowest BCUT2D eigenvalue weighted by atomic mass is 9.96. The second-order valence-corrected chi connectivity index (χ2v) is 6.66. The molecule has 2 aliphatic rings. The zero-order chi connectivity index (χ0) is 14.4. The molecule has 0 saturated carbocycles. The first-order valence-electron chi connectivity index (χ1n) is 8.37. The van der Waals surface area contributed by atoms with Gasteiger partial charge in [0, 0.05) is 24.9 Å². The van der Waals surface area contributed by atoms with E-state index >= 15 is 0 Å². The number of ether oxygens (including phenoxy) is 2. The highest BCUT2D eigenvalue weighted by atomic mass is 16.6. The Morgan fingerprint density at radius 2 is 1.60 bits per heavy atom. The number of hydrogen-bond acceptors (Lipinski definition) is 4. The van der Waals surface area contributed by atoms with Gasteiger partial charge in [0.1, 0.15) is 0 Å². The Kier molecular flexibility index (Phi) is 6.75. The summed E-state index contributed by atoms with van der Waals surface area (Å²) < 4.78 is 12.0. The molecule has 4 heteroatoms. The Morgan fingerprint density at radius 1 is 1.00 bits per heavy atom. The average Bonchev–Trinajstić information content (AvgIpc) is 2.98. The number of nitrogens with one attached hydrogen (secondary N) is 2. The zero-order valence-corrected chi connectivity index (χ0v) is 13.4. The van der Waals surface area contributed by atoms with Crippen molar-refractivity contribution >= 4 is 0 Å². The highest BCUT2D eigenvalue weighted by Gasteiger charge is 2.46. The van der Waals surface area contributed by atoms with E-state index in [0.717, 1.165) is 45.3 Å². The predicted octanol–water partition coefficient (Wildman–Crippen LogP) is 1.65. The molecule has 4 atom stereocenters. The molecule has 0 bridgehead atoms.